The predicted molar refractivity (Wildman–Crippen MR) is 85.3 cm³/mol. The van der Waals surface area contributed by atoms with Crippen LogP contribution in [0.3, 0.4) is 0 Å². The van der Waals surface area contributed by atoms with Crippen LogP contribution in [0.5, 0.6) is 5.75 Å². The van der Waals surface area contributed by atoms with E-state index in [0.717, 1.165) is 5.56 Å². The van der Waals surface area contributed by atoms with Gasteiger partial charge in [-0.1, -0.05) is 30.3 Å². The number of benzene rings is 2. The molecule has 4 nitrogen and oxygen atoms in total. The molecule has 0 aliphatic rings. The standard InChI is InChI=1S/C18H19FN2O2/c1-13(14-6-8-15(9-7-14)23-11-10-20)21-12-18(22)16-4-2-3-5-17(16)19/h2-9,13,18,21-22H,11-12H2,1H3. The number of halogens is 1. The molecule has 2 unspecified atom stereocenters. The predicted octanol–water partition coefficient (Wildman–Crippen LogP) is 3.11. The van der Waals surface area contributed by atoms with Crippen LogP contribution in [0.2, 0.25) is 0 Å². The summed E-state index contributed by atoms with van der Waals surface area (Å²) in [6, 6.07) is 15.5. The second-order valence-electron chi connectivity index (χ2n) is 5.18. The van der Waals surface area contributed by atoms with Gasteiger partial charge in [0.1, 0.15) is 17.6 Å². The topological polar surface area (TPSA) is 65.3 Å². The summed E-state index contributed by atoms with van der Waals surface area (Å²) in [6.45, 7) is 2.22. The second kappa shape index (κ2) is 8.28. The third-order valence-corrected chi connectivity index (χ3v) is 3.57. The summed E-state index contributed by atoms with van der Waals surface area (Å²) in [5.41, 5.74) is 1.29. The molecule has 2 aromatic carbocycles. The third kappa shape index (κ3) is 4.78. The summed E-state index contributed by atoms with van der Waals surface area (Å²) in [4.78, 5) is 0. The van der Waals surface area contributed by atoms with Crippen LogP contribution < -0.4 is 10.1 Å². The van der Waals surface area contributed by atoms with Gasteiger partial charge in [-0.3, -0.25) is 0 Å². The number of rotatable bonds is 7. The van der Waals surface area contributed by atoms with E-state index in [0.29, 0.717) is 5.75 Å². The summed E-state index contributed by atoms with van der Waals surface area (Å²) in [5, 5.41) is 21.7. The minimum atomic E-state index is -0.906. The number of ether oxygens (including phenoxy) is 1. The van der Waals surface area contributed by atoms with Crippen molar-refractivity contribution in [3.63, 3.8) is 0 Å². The van der Waals surface area contributed by atoms with Crippen LogP contribution in [0.1, 0.15) is 30.2 Å². The minimum Gasteiger partial charge on any atom is -0.479 e. The molecule has 2 N–H and O–H groups in total. The van der Waals surface area contributed by atoms with Crippen molar-refractivity contribution in [1.29, 1.82) is 5.26 Å². The van der Waals surface area contributed by atoms with Gasteiger partial charge in [0.2, 0.25) is 0 Å². The first-order valence-corrected chi connectivity index (χ1v) is 7.37. The van der Waals surface area contributed by atoms with Gasteiger partial charge in [0.05, 0.1) is 6.10 Å². The van der Waals surface area contributed by atoms with Gasteiger partial charge in [-0.25, -0.2) is 4.39 Å². The molecule has 23 heavy (non-hydrogen) atoms. The maximum absolute atomic E-state index is 13.6. The van der Waals surface area contributed by atoms with Crippen molar-refractivity contribution in [3.05, 3.63) is 65.5 Å². The summed E-state index contributed by atoms with van der Waals surface area (Å²) in [6.07, 6.45) is -0.906. The van der Waals surface area contributed by atoms with Crippen LogP contribution in [0, 0.1) is 17.1 Å². The average Bonchev–Trinajstić information content (AvgIpc) is 2.58. The molecule has 0 saturated carbocycles. The highest BCUT2D eigenvalue weighted by atomic mass is 19.1. The minimum absolute atomic E-state index is 0.0126. The lowest BCUT2D eigenvalue weighted by Crippen LogP contribution is -2.25. The highest BCUT2D eigenvalue weighted by Gasteiger charge is 2.13. The molecule has 0 saturated heterocycles. The van der Waals surface area contributed by atoms with Crippen molar-refractivity contribution in [2.45, 2.75) is 19.1 Å². The number of hydrogen-bond donors (Lipinski definition) is 2. The quantitative estimate of drug-likeness (QED) is 0.824. The monoisotopic (exact) mass is 314 g/mol. The van der Waals surface area contributed by atoms with Crippen LogP contribution in [0.4, 0.5) is 4.39 Å². The molecule has 2 rings (SSSR count). The van der Waals surface area contributed by atoms with E-state index in [9.17, 15) is 9.50 Å². The third-order valence-electron chi connectivity index (χ3n) is 3.57. The van der Waals surface area contributed by atoms with Gasteiger partial charge in [0.15, 0.2) is 6.61 Å². The molecule has 0 amide bonds. The molecule has 2 atom stereocenters. The van der Waals surface area contributed by atoms with Gasteiger partial charge in [0.25, 0.3) is 0 Å². The fraction of sp³-hybridized carbons (Fsp3) is 0.278. The van der Waals surface area contributed by atoms with E-state index in [2.05, 4.69) is 5.32 Å². The lowest BCUT2D eigenvalue weighted by Gasteiger charge is -2.18. The molecule has 5 heteroatoms. The van der Waals surface area contributed by atoms with E-state index in [1.54, 1.807) is 30.3 Å². The zero-order valence-corrected chi connectivity index (χ0v) is 12.9. The lowest BCUT2D eigenvalue weighted by atomic mass is 10.1. The average molecular weight is 314 g/mol. The van der Waals surface area contributed by atoms with Crippen LogP contribution in [0.15, 0.2) is 48.5 Å². The Morgan fingerprint density at radius 3 is 2.57 bits per heavy atom. The Balaban J connectivity index is 1.90. The maximum Gasteiger partial charge on any atom is 0.174 e. The number of nitrogens with one attached hydrogen (secondary N) is 1. The number of hydrogen-bond acceptors (Lipinski definition) is 4. The SMILES string of the molecule is CC(NCC(O)c1ccccc1F)c1ccc(OCC#N)cc1. The zero-order chi connectivity index (χ0) is 16.7. The van der Waals surface area contributed by atoms with Crippen LogP contribution in [-0.4, -0.2) is 18.3 Å². The molecule has 0 heterocycles. The van der Waals surface area contributed by atoms with Crippen molar-refractivity contribution in [1.82, 2.24) is 5.32 Å². The lowest BCUT2D eigenvalue weighted by molar-refractivity contribution is 0.166. The number of nitriles is 1. The Bertz CT molecular complexity index is 667. The van der Waals surface area contributed by atoms with Crippen LogP contribution in [0.25, 0.3) is 0 Å². The van der Waals surface area contributed by atoms with Gasteiger partial charge in [-0.15, -0.1) is 0 Å². The molecule has 0 aliphatic heterocycles. The number of aliphatic hydroxyl groups is 1. The molecular weight excluding hydrogens is 295 g/mol. The van der Waals surface area contributed by atoms with E-state index in [1.807, 2.05) is 25.1 Å². The Morgan fingerprint density at radius 1 is 1.22 bits per heavy atom. The van der Waals surface area contributed by atoms with Gasteiger partial charge in [0, 0.05) is 18.2 Å². The Labute approximate surface area is 135 Å². The first-order valence-electron chi connectivity index (χ1n) is 7.37. The molecular formula is C18H19FN2O2. The van der Waals surface area contributed by atoms with Gasteiger partial charge in [-0.2, -0.15) is 5.26 Å². The van der Waals surface area contributed by atoms with Crippen molar-refractivity contribution in [3.8, 4) is 11.8 Å². The van der Waals surface area contributed by atoms with Crippen LogP contribution >= 0.6 is 0 Å². The first kappa shape index (κ1) is 16.9. The van der Waals surface area contributed by atoms with E-state index in [-0.39, 0.29) is 24.8 Å². The van der Waals surface area contributed by atoms with E-state index >= 15 is 0 Å². The Kier molecular flexibility index (Phi) is 6.10. The van der Waals surface area contributed by atoms with Crippen molar-refractivity contribution < 1.29 is 14.2 Å². The summed E-state index contributed by atoms with van der Waals surface area (Å²) < 4.78 is 18.8. The summed E-state index contributed by atoms with van der Waals surface area (Å²) in [5.74, 6) is 0.224. The van der Waals surface area contributed by atoms with Gasteiger partial charge >= 0.3 is 0 Å². The van der Waals surface area contributed by atoms with E-state index < -0.39 is 11.9 Å². The summed E-state index contributed by atoms with van der Waals surface area (Å²) >= 11 is 0. The molecule has 0 fully saturated rings. The molecule has 0 radical (unpaired) electrons. The summed E-state index contributed by atoms with van der Waals surface area (Å²) in [7, 11) is 0. The molecule has 0 bridgehead atoms. The number of aliphatic hydroxyl groups excluding tert-OH is 1. The highest BCUT2D eigenvalue weighted by Crippen LogP contribution is 2.20. The van der Waals surface area contributed by atoms with Crippen molar-refractivity contribution in [2.24, 2.45) is 0 Å². The molecule has 0 aliphatic carbocycles. The Hall–Kier alpha value is -2.42. The van der Waals surface area contributed by atoms with Crippen LogP contribution in [-0.2, 0) is 0 Å². The smallest absolute Gasteiger partial charge is 0.174 e. The zero-order valence-electron chi connectivity index (χ0n) is 12.9. The molecule has 0 spiro atoms. The van der Waals surface area contributed by atoms with Crippen molar-refractivity contribution in [2.75, 3.05) is 13.2 Å². The normalized spacial score (nSPS) is 13.1. The molecule has 0 aromatic heterocycles. The maximum atomic E-state index is 13.6. The first-order chi connectivity index (χ1) is 11.1. The second-order valence-corrected chi connectivity index (χ2v) is 5.18. The fourth-order valence-electron chi connectivity index (χ4n) is 2.23. The van der Waals surface area contributed by atoms with Gasteiger partial charge in [-0.05, 0) is 30.7 Å². The molecule has 2 aromatic rings. The van der Waals surface area contributed by atoms with E-state index in [4.69, 9.17) is 10.00 Å². The highest BCUT2D eigenvalue weighted by molar-refractivity contribution is 5.29. The fourth-order valence-corrected chi connectivity index (χ4v) is 2.23. The largest absolute Gasteiger partial charge is 0.479 e. The Morgan fingerprint density at radius 2 is 1.91 bits per heavy atom. The van der Waals surface area contributed by atoms with E-state index in [1.165, 1.54) is 6.07 Å². The number of nitrogens with zero attached hydrogens (tertiary/aromatic N) is 1. The van der Waals surface area contributed by atoms with Gasteiger partial charge < -0.3 is 15.2 Å². The molecule has 120 valence electrons. The van der Waals surface area contributed by atoms with Crippen molar-refractivity contribution >= 4 is 0 Å².